The second-order valence-corrected chi connectivity index (χ2v) is 6.88. The zero-order chi connectivity index (χ0) is 12.5. The van der Waals surface area contributed by atoms with Crippen LogP contribution in [0, 0.1) is 11.8 Å². The van der Waals surface area contributed by atoms with Gasteiger partial charge in [0.05, 0.1) is 0 Å². The van der Waals surface area contributed by atoms with Crippen molar-refractivity contribution in [3.05, 3.63) is 0 Å². The van der Waals surface area contributed by atoms with Crippen LogP contribution in [0.2, 0.25) is 0 Å². The molecule has 3 nitrogen and oxygen atoms in total. The molecule has 0 spiro atoms. The highest BCUT2D eigenvalue weighted by molar-refractivity contribution is 4.98. The summed E-state index contributed by atoms with van der Waals surface area (Å²) in [5.74, 6) is 1.68. The average Bonchev–Trinajstić information content (AvgIpc) is 2.38. The number of hydrogen-bond acceptors (Lipinski definition) is 3. The third kappa shape index (κ3) is 2.45. The highest BCUT2D eigenvalue weighted by Gasteiger charge is 2.42. The first-order chi connectivity index (χ1) is 8.75. The Labute approximate surface area is 112 Å². The van der Waals surface area contributed by atoms with Crippen molar-refractivity contribution in [3.8, 4) is 0 Å². The minimum atomic E-state index is 0.811. The van der Waals surface area contributed by atoms with Gasteiger partial charge in [-0.1, -0.05) is 19.3 Å². The summed E-state index contributed by atoms with van der Waals surface area (Å²) in [5.41, 5.74) is 0. The molecule has 3 fully saturated rings. The third-order valence-electron chi connectivity index (χ3n) is 5.40. The number of likely N-dealkylation sites (tertiary alicyclic amines) is 1. The maximum atomic E-state index is 3.64. The van der Waals surface area contributed by atoms with Crippen molar-refractivity contribution in [1.82, 2.24) is 15.1 Å². The molecule has 104 valence electrons. The fourth-order valence-corrected chi connectivity index (χ4v) is 4.69. The Morgan fingerprint density at radius 2 is 1.56 bits per heavy atom. The van der Waals surface area contributed by atoms with Crippen molar-refractivity contribution >= 4 is 0 Å². The molecule has 1 aliphatic carbocycles. The van der Waals surface area contributed by atoms with Gasteiger partial charge in [0, 0.05) is 38.3 Å². The van der Waals surface area contributed by atoms with Crippen molar-refractivity contribution in [2.45, 2.75) is 44.2 Å². The van der Waals surface area contributed by atoms with Gasteiger partial charge in [-0.25, -0.2) is 0 Å². The minimum Gasteiger partial charge on any atom is -0.316 e. The minimum absolute atomic E-state index is 0.811. The number of fused-ring (bicyclic) bond motifs is 2. The SMILES string of the molecule is CN(C)C1C2CNCC1CN(C1CCCCC1)C2. The standard InChI is InChI=1S/C15H29N3/c1-17(2)15-12-8-16-9-13(15)11-18(10-12)14-6-4-3-5-7-14/h12-16H,3-11H2,1-2H3. The van der Waals surface area contributed by atoms with E-state index < -0.39 is 0 Å². The molecule has 1 saturated carbocycles. The molecule has 2 unspecified atom stereocenters. The lowest BCUT2D eigenvalue weighted by atomic mass is 9.78. The molecule has 0 amide bonds. The van der Waals surface area contributed by atoms with Crippen LogP contribution in [-0.4, -0.2) is 62.2 Å². The lowest BCUT2D eigenvalue weighted by Crippen LogP contribution is -2.64. The summed E-state index contributed by atoms with van der Waals surface area (Å²) >= 11 is 0. The first kappa shape index (κ1) is 12.9. The van der Waals surface area contributed by atoms with Crippen LogP contribution in [0.25, 0.3) is 0 Å². The molecule has 2 aliphatic heterocycles. The Morgan fingerprint density at radius 3 is 2.11 bits per heavy atom. The van der Waals surface area contributed by atoms with Gasteiger partial charge < -0.3 is 10.2 Å². The summed E-state index contributed by atoms with van der Waals surface area (Å²) in [4.78, 5) is 5.32. The summed E-state index contributed by atoms with van der Waals surface area (Å²) in [6.07, 6.45) is 7.32. The highest BCUT2D eigenvalue weighted by Crippen LogP contribution is 2.32. The van der Waals surface area contributed by atoms with Crippen molar-refractivity contribution in [2.24, 2.45) is 11.8 Å². The second kappa shape index (κ2) is 5.48. The molecule has 3 rings (SSSR count). The van der Waals surface area contributed by atoms with E-state index in [1.807, 2.05) is 0 Å². The molecule has 3 heteroatoms. The predicted molar refractivity (Wildman–Crippen MR) is 75.8 cm³/mol. The molecule has 0 aromatic heterocycles. The maximum absolute atomic E-state index is 3.64. The molecule has 0 radical (unpaired) electrons. The molecule has 1 N–H and O–H groups in total. The predicted octanol–water partition coefficient (Wildman–Crippen LogP) is 1.40. The van der Waals surface area contributed by atoms with Crippen LogP contribution in [0.5, 0.6) is 0 Å². The number of hydrogen-bond donors (Lipinski definition) is 1. The summed E-state index contributed by atoms with van der Waals surface area (Å²) < 4.78 is 0. The van der Waals surface area contributed by atoms with Gasteiger partial charge in [0.15, 0.2) is 0 Å². The number of piperidine rings is 2. The average molecular weight is 251 g/mol. The summed E-state index contributed by atoms with van der Waals surface area (Å²) in [7, 11) is 4.54. The normalized spacial score (nSPS) is 39.2. The van der Waals surface area contributed by atoms with Crippen LogP contribution in [0.15, 0.2) is 0 Å². The molecule has 2 bridgehead atoms. The van der Waals surface area contributed by atoms with Crippen LogP contribution < -0.4 is 5.32 Å². The van der Waals surface area contributed by atoms with Crippen LogP contribution in [-0.2, 0) is 0 Å². The smallest absolute Gasteiger partial charge is 0.0194 e. The number of nitrogens with one attached hydrogen (secondary N) is 1. The van der Waals surface area contributed by atoms with Crippen molar-refractivity contribution in [3.63, 3.8) is 0 Å². The van der Waals surface area contributed by atoms with Gasteiger partial charge in [0.1, 0.15) is 0 Å². The van der Waals surface area contributed by atoms with E-state index in [1.54, 1.807) is 0 Å². The van der Waals surface area contributed by atoms with Gasteiger partial charge in [0.2, 0.25) is 0 Å². The molecule has 2 atom stereocenters. The Kier molecular flexibility index (Phi) is 3.92. The molecular weight excluding hydrogens is 222 g/mol. The fraction of sp³-hybridized carbons (Fsp3) is 1.00. The first-order valence-electron chi connectivity index (χ1n) is 7.87. The van der Waals surface area contributed by atoms with Crippen molar-refractivity contribution in [1.29, 1.82) is 0 Å². The first-order valence-corrected chi connectivity index (χ1v) is 7.87. The van der Waals surface area contributed by atoms with Crippen LogP contribution in [0.1, 0.15) is 32.1 Å². The monoisotopic (exact) mass is 251 g/mol. The van der Waals surface area contributed by atoms with E-state index in [2.05, 4.69) is 29.2 Å². The number of nitrogens with zero attached hydrogens (tertiary/aromatic N) is 2. The Balaban J connectivity index is 1.67. The second-order valence-electron chi connectivity index (χ2n) is 6.88. The molecular formula is C15H29N3. The summed E-state index contributed by atoms with van der Waals surface area (Å²) in [5, 5.41) is 3.64. The topological polar surface area (TPSA) is 18.5 Å². The molecule has 3 aliphatic rings. The van der Waals surface area contributed by atoms with E-state index >= 15 is 0 Å². The van der Waals surface area contributed by atoms with Gasteiger partial charge in [-0.2, -0.15) is 0 Å². The molecule has 0 aromatic carbocycles. The van der Waals surface area contributed by atoms with Crippen LogP contribution in [0.4, 0.5) is 0 Å². The number of rotatable bonds is 2. The van der Waals surface area contributed by atoms with E-state index in [4.69, 9.17) is 0 Å². The van der Waals surface area contributed by atoms with Crippen LogP contribution in [0.3, 0.4) is 0 Å². The molecule has 2 saturated heterocycles. The van der Waals surface area contributed by atoms with Gasteiger partial charge in [-0.3, -0.25) is 4.90 Å². The van der Waals surface area contributed by atoms with E-state index in [0.717, 1.165) is 23.9 Å². The molecule has 0 aromatic rings. The summed E-state index contributed by atoms with van der Waals surface area (Å²) in [6.45, 7) is 5.11. The zero-order valence-electron chi connectivity index (χ0n) is 12.1. The lowest BCUT2D eigenvalue weighted by Gasteiger charge is -2.52. The van der Waals surface area contributed by atoms with E-state index in [0.29, 0.717) is 0 Å². The Hall–Kier alpha value is -0.120. The molecule has 18 heavy (non-hydrogen) atoms. The van der Waals surface area contributed by atoms with Gasteiger partial charge in [-0.15, -0.1) is 0 Å². The van der Waals surface area contributed by atoms with Crippen molar-refractivity contribution < 1.29 is 0 Å². The lowest BCUT2D eigenvalue weighted by molar-refractivity contribution is -0.0142. The van der Waals surface area contributed by atoms with E-state index in [9.17, 15) is 0 Å². The van der Waals surface area contributed by atoms with Crippen LogP contribution >= 0.6 is 0 Å². The Morgan fingerprint density at radius 1 is 0.944 bits per heavy atom. The maximum Gasteiger partial charge on any atom is 0.0194 e. The summed E-state index contributed by atoms with van der Waals surface area (Å²) in [6, 6.07) is 1.72. The van der Waals surface area contributed by atoms with Gasteiger partial charge >= 0.3 is 0 Å². The quantitative estimate of drug-likeness (QED) is 0.800. The fourth-order valence-electron chi connectivity index (χ4n) is 4.69. The van der Waals surface area contributed by atoms with Gasteiger partial charge in [-0.05, 0) is 38.8 Å². The highest BCUT2D eigenvalue weighted by atomic mass is 15.2. The van der Waals surface area contributed by atoms with Gasteiger partial charge in [0.25, 0.3) is 0 Å². The zero-order valence-corrected chi connectivity index (χ0v) is 12.1. The third-order valence-corrected chi connectivity index (χ3v) is 5.40. The molecule has 2 heterocycles. The van der Waals surface area contributed by atoms with E-state index in [1.165, 1.54) is 58.3 Å². The van der Waals surface area contributed by atoms with E-state index in [-0.39, 0.29) is 0 Å². The van der Waals surface area contributed by atoms with Crippen molar-refractivity contribution in [2.75, 3.05) is 40.3 Å². The largest absolute Gasteiger partial charge is 0.316 e. The Bertz CT molecular complexity index is 259.